The van der Waals surface area contributed by atoms with E-state index in [-0.39, 0.29) is 19.1 Å². The molecular formula is C13H18N2O4. The number of nitrogens with two attached hydrogens (primary N) is 1. The third-order valence-corrected chi connectivity index (χ3v) is 2.27. The number of anilines is 1. The Morgan fingerprint density at radius 1 is 1.26 bits per heavy atom. The summed E-state index contributed by atoms with van der Waals surface area (Å²) in [5.74, 6) is -0.331. The van der Waals surface area contributed by atoms with E-state index in [4.69, 9.17) is 15.2 Å². The van der Waals surface area contributed by atoms with Gasteiger partial charge in [0, 0.05) is 5.56 Å². The van der Waals surface area contributed by atoms with E-state index in [1.54, 1.807) is 19.1 Å². The first-order valence-corrected chi connectivity index (χ1v) is 6.04. The highest BCUT2D eigenvalue weighted by molar-refractivity contribution is 5.97. The normalized spacial score (nSPS) is 9.79. The van der Waals surface area contributed by atoms with Gasteiger partial charge >= 0.3 is 5.97 Å². The van der Waals surface area contributed by atoms with E-state index in [0.717, 1.165) is 0 Å². The van der Waals surface area contributed by atoms with Gasteiger partial charge in [0.2, 0.25) is 0 Å². The average Bonchev–Trinajstić information content (AvgIpc) is 2.39. The van der Waals surface area contributed by atoms with Gasteiger partial charge in [-0.2, -0.15) is 0 Å². The van der Waals surface area contributed by atoms with Crippen LogP contribution in [0.5, 0.6) is 5.75 Å². The van der Waals surface area contributed by atoms with E-state index in [1.165, 1.54) is 6.07 Å². The van der Waals surface area contributed by atoms with Gasteiger partial charge in [-0.1, -0.05) is 0 Å². The van der Waals surface area contributed by atoms with Crippen molar-refractivity contribution in [2.75, 3.05) is 25.5 Å². The third-order valence-electron chi connectivity index (χ3n) is 2.27. The van der Waals surface area contributed by atoms with Gasteiger partial charge in [0.1, 0.15) is 12.3 Å². The Kier molecular flexibility index (Phi) is 5.66. The van der Waals surface area contributed by atoms with Crippen LogP contribution in [0.25, 0.3) is 0 Å². The van der Waals surface area contributed by atoms with E-state index in [9.17, 15) is 9.59 Å². The first kappa shape index (κ1) is 14.8. The molecule has 104 valence electrons. The summed E-state index contributed by atoms with van der Waals surface area (Å²) < 4.78 is 9.98. The molecule has 6 heteroatoms. The zero-order valence-electron chi connectivity index (χ0n) is 11.1. The van der Waals surface area contributed by atoms with Gasteiger partial charge in [-0.15, -0.1) is 0 Å². The SMILES string of the molecule is CCOC(=O)CNC(=O)c1ccc(OCC)c(N)c1. The van der Waals surface area contributed by atoms with Gasteiger partial charge in [-0.05, 0) is 32.0 Å². The minimum absolute atomic E-state index is 0.167. The molecule has 0 heterocycles. The maximum atomic E-state index is 11.8. The molecule has 0 radical (unpaired) electrons. The Morgan fingerprint density at radius 3 is 2.58 bits per heavy atom. The largest absolute Gasteiger partial charge is 0.492 e. The van der Waals surface area contributed by atoms with Crippen LogP contribution in [-0.4, -0.2) is 31.6 Å². The summed E-state index contributed by atoms with van der Waals surface area (Å²) in [4.78, 5) is 22.9. The van der Waals surface area contributed by atoms with Gasteiger partial charge in [0.15, 0.2) is 0 Å². The van der Waals surface area contributed by atoms with Crippen LogP contribution in [0.4, 0.5) is 5.69 Å². The number of rotatable bonds is 6. The molecule has 19 heavy (non-hydrogen) atoms. The van der Waals surface area contributed by atoms with Crippen LogP contribution in [0.2, 0.25) is 0 Å². The van der Waals surface area contributed by atoms with Crippen molar-refractivity contribution in [3.05, 3.63) is 23.8 Å². The molecule has 0 unspecified atom stereocenters. The Morgan fingerprint density at radius 2 is 2.00 bits per heavy atom. The van der Waals surface area contributed by atoms with Crippen LogP contribution in [-0.2, 0) is 9.53 Å². The first-order chi connectivity index (χ1) is 9.08. The molecular weight excluding hydrogens is 248 g/mol. The fourth-order valence-corrected chi connectivity index (χ4v) is 1.44. The number of nitrogen functional groups attached to an aromatic ring is 1. The fraction of sp³-hybridized carbons (Fsp3) is 0.385. The molecule has 6 nitrogen and oxygen atoms in total. The molecule has 0 bridgehead atoms. The lowest BCUT2D eigenvalue weighted by Gasteiger charge is -2.09. The van der Waals surface area contributed by atoms with Crippen molar-refractivity contribution < 1.29 is 19.1 Å². The standard InChI is InChI=1S/C13H18N2O4/c1-3-18-11-6-5-9(7-10(11)14)13(17)15-8-12(16)19-4-2/h5-7H,3-4,8,14H2,1-2H3,(H,15,17). The Hall–Kier alpha value is -2.24. The Balaban J connectivity index is 2.62. The van der Waals surface area contributed by atoms with Crippen LogP contribution >= 0.6 is 0 Å². The predicted molar refractivity (Wildman–Crippen MR) is 71.0 cm³/mol. The monoisotopic (exact) mass is 266 g/mol. The van der Waals surface area contributed by atoms with Gasteiger partial charge in [-0.25, -0.2) is 0 Å². The van der Waals surface area contributed by atoms with E-state index in [0.29, 0.717) is 23.6 Å². The molecule has 0 fully saturated rings. The predicted octanol–water partition coefficient (Wildman–Crippen LogP) is 0.960. The second-order valence-electron chi connectivity index (χ2n) is 3.67. The van der Waals surface area contributed by atoms with Crippen molar-refractivity contribution in [2.24, 2.45) is 0 Å². The van der Waals surface area contributed by atoms with Crippen LogP contribution in [0.3, 0.4) is 0 Å². The molecule has 0 aliphatic rings. The fourth-order valence-electron chi connectivity index (χ4n) is 1.44. The highest BCUT2D eigenvalue weighted by atomic mass is 16.5. The number of amides is 1. The number of carbonyl (C=O) groups excluding carboxylic acids is 2. The van der Waals surface area contributed by atoms with Crippen molar-refractivity contribution in [1.29, 1.82) is 0 Å². The quantitative estimate of drug-likeness (QED) is 0.591. The molecule has 1 amide bonds. The maximum absolute atomic E-state index is 11.8. The number of carbonyl (C=O) groups is 2. The lowest BCUT2D eigenvalue weighted by molar-refractivity contribution is -0.141. The molecule has 0 saturated carbocycles. The van der Waals surface area contributed by atoms with Crippen molar-refractivity contribution >= 4 is 17.6 Å². The summed E-state index contributed by atoms with van der Waals surface area (Å²) in [5.41, 5.74) is 6.50. The lowest BCUT2D eigenvalue weighted by atomic mass is 10.1. The number of hydrogen-bond donors (Lipinski definition) is 2. The average molecular weight is 266 g/mol. The molecule has 1 rings (SSSR count). The van der Waals surface area contributed by atoms with Crippen molar-refractivity contribution in [2.45, 2.75) is 13.8 Å². The smallest absolute Gasteiger partial charge is 0.325 e. The van der Waals surface area contributed by atoms with Crippen molar-refractivity contribution in [3.63, 3.8) is 0 Å². The maximum Gasteiger partial charge on any atom is 0.325 e. The summed E-state index contributed by atoms with van der Waals surface area (Å²) in [7, 11) is 0. The minimum atomic E-state index is -0.477. The topological polar surface area (TPSA) is 90.6 Å². The van der Waals surface area contributed by atoms with E-state index >= 15 is 0 Å². The molecule has 0 aliphatic heterocycles. The molecule has 0 aromatic heterocycles. The molecule has 3 N–H and O–H groups in total. The molecule has 0 spiro atoms. The zero-order chi connectivity index (χ0) is 14.3. The Labute approximate surface area is 111 Å². The molecule has 0 aliphatic carbocycles. The number of ether oxygens (including phenoxy) is 2. The summed E-state index contributed by atoms with van der Waals surface area (Å²) in [5, 5.41) is 2.45. The van der Waals surface area contributed by atoms with Crippen LogP contribution in [0.1, 0.15) is 24.2 Å². The second kappa shape index (κ2) is 7.25. The summed E-state index contributed by atoms with van der Waals surface area (Å²) in [6.45, 7) is 4.16. The van der Waals surface area contributed by atoms with Crippen molar-refractivity contribution in [3.8, 4) is 5.75 Å². The van der Waals surface area contributed by atoms with Crippen molar-refractivity contribution in [1.82, 2.24) is 5.32 Å². The van der Waals surface area contributed by atoms with Gasteiger partial charge in [0.05, 0.1) is 18.9 Å². The third kappa shape index (κ3) is 4.50. The summed E-state index contributed by atoms with van der Waals surface area (Å²) >= 11 is 0. The van der Waals surface area contributed by atoms with Gasteiger partial charge in [0.25, 0.3) is 5.91 Å². The van der Waals surface area contributed by atoms with Gasteiger partial charge in [-0.3, -0.25) is 9.59 Å². The van der Waals surface area contributed by atoms with Crippen LogP contribution < -0.4 is 15.8 Å². The summed E-state index contributed by atoms with van der Waals surface area (Å²) in [6.07, 6.45) is 0. The zero-order valence-corrected chi connectivity index (χ0v) is 11.1. The Bertz CT molecular complexity index is 460. The van der Waals surface area contributed by atoms with E-state index < -0.39 is 5.97 Å². The molecule has 1 aromatic carbocycles. The number of hydrogen-bond acceptors (Lipinski definition) is 5. The first-order valence-electron chi connectivity index (χ1n) is 6.04. The number of nitrogens with one attached hydrogen (secondary N) is 1. The minimum Gasteiger partial charge on any atom is -0.492 e. The van der Waals surface area contributed by atoms with E-state index in [1.807, 2.05) is 6.92 Å². The summed E-state index contributed by atoms with van der Waals surface area (Å²) in [6, 6.07) is 4.71. The number of benzene rings is 1. The molecule has 1 aromatic rings. The van der Waals surface area contributed by atoms with Crippen LogP contribution in [0, 0.1) is 0 Å². The lowest BCUT2D eigenvalue weighted by Crippen LogP contribution is -2.30. The van der Waals surface area contributed by atoms with E-state index in [2.05, 4.69) is 5.32 Å². The van der Waals surface area contributed by atoms with Gasteiger partial charge < -0.3 is 20.5 Å². The molecule has 0 saturated heterocycles. The highest BCUT2D eigenvalue weighted by Gasteiger charge is 2.10. The highest BCUT2D eigenvalue weighted by Crippen LogP contribution is 2.22. The number of esters is 1. The molecule has 0 atom stereocenters. The second-order valence-corrected chi connectivity index (χ2v) is 3.67. The van der Waals surface area contributed by atoms with Crippen LogP contribution in [0.15, 0.2) is 18.2 Å².